The Morgan fingerprint density at radius 3 is 1.12 bits per heavy atom. The van der Waals surface area contributed by atoms with Crippen molar-refractivity contribution in [1.29, 1.82) is 0 Å². The van der Waals surface area contributed by atoms with Gasteiger partial charge in [-0.25, -0.2) is 4.79 Å². The van der Waals surface area contributed by atoms with E-state index in [0.717, 1.165) is 6.42 Å². The molecule has 0 saturated heterocycles. The molecule has 0 saturated carbocycles. The van der Waals surface area contributed by atoms with Crippen LogP contribution in [-0.4, -0.2) is 62.5 Å². The summed E-state index contributed by atoms with van der Waals surface area (Å²) in [6.45, 7) is 18.3. The topological polar surface area (TPSA) is 125 Å². The molecule has 0 radical (unpaired) electrons. The number of methoxy groups -OCH3 is 2. The van der Waals surface area contributed by atoms with Crippen molar-refractivity contribution in [3.8, 4) is 0 Å². The monoisotopic (exact) mass is 621 g/mol. The molecule has 42 heavy (non-hydrogen) atoms. The van der Waals surface area contributed by atoms with Crippen LogP contribution in [-0.2, 0) is 38.1 Å². The Morgan fingerprint density at radius 1 is 0.595 bits per heavy atom. The number of carboxylic acids is 1. The van der Waals surface area contributed by atoms with Crippen LogP contribution in [0.4, 0.5) is 0 Å². The van der Waals surface area contributed by atoms with Gasteiger partial charge in [-0.1, -0.05) is 80.2 Å². The van der Waals surface area contributed by atoms with Gasteiger partial charge in [0.25, 0.3) is 0 Å². The summed E-state index contributed by atoms with van der Waals surface area (Å²) in [5.41, 5.74) is -1.35. The quantitative estimate of drug-likeness (QED) is 0.136. The molecule has 0 fully saturated rings. The molecule has 0 aromatic carbocycles. The number of rotatable bonds is 11. The van der Waals surface area contributed by atoms with Gasteiger partial charge in [-0.15, -0.1) is 0 Å². The van der Waals surface area contributed by atoms with E-state index in [4.69, 9.17) is 19.3 Å². The predicted octanol–water partition coefficient (Wildman–Crippen LogP) is 9.74. The maximum absolute atomic E-state index is 11.5. The summed E-state index contributed by atoms with van der Waals surface area (Å²) in [5, 5.41) is 8.44. The molecule has 1 unspecified atom stereocenters. The van der Waals surface area contributed by atoms with Crippen LogP contribution in [0.1, 0.15) is 148 Å². The first kappa shape index (κ1) is 72.3. The number of esters is 3. The third-order valence-electron chi connectivity index (χ3n) is 5.77. The molecule has 0 aliphatic carbocycles. The largest absolute Gasteiger partial charge is 0.481 e. The summed E-state index contributed by atoms with van der Waals surface area (Å²) in [5.74, 6) is -1.60. The predicted molar refractivity (Wildman–Crippen MR) is 184 cm³/mol. The summed E-state index contributed by atoms with van der Waals surface area (Å²) >= 11 is 0. The van der Waals surface area contributed by atoms with Crippen LogP contribution in [0.25, 0.3) is 0 Å². The summed E-state index contributed by atoms with van der Waals surface area (Å²) < 4.78 is 19.2. The standard InChI is InChI=1S/C12H22O5.C7H14O2.C6H12O2.8CH4/c1-6-12(3,4)11(14)17-8-7-16-10(13)9(2)15-5;1-5-7(2,3)6(8)9-4;1-4-6(2,3)5(7)8;;;;;;;;/h9H,6-8H2,1-5H3;5H2,1-4H3;4H2,1-3H3,(H,7,8);8*1H4. The average Bonchev–Trinajstić information content (AvgIpc) is 2.80. The van der Waals surface area contributed by atoms with Gasteiger partial charge in [0.05, 0.1) is 23.4 Å². The van der Waals surface area contributed by atoms with E-state index in [0.29, 0.717) is 12.8 Å². The second-order valence-corrected chi connectivity index (χ2v) is 9.69. The zero-order valence-corrected chi connectivity index (χ0v) is 23.3. The zero-order valence-electron chi connectivity index (χ0n) is 23.3. The first-order chi connectivity index (χ1) is 15.4. The van der Waals surface area contributed by atoms with E-state index < -0.39 is 28.9 Å². The first-order valence-corrected chi connectivity index (χ1v) is 11.6. The molecule has 0 aromatic heterocycles. The Balaban J connectivity index is -0.0000000375. The summed E-state index contributed by atoms with van der Waals surface area (Å²) in [7, 11) is 2.84. The Kier molecular flexibility index (Phi) is 60.3. The van der Waals surface area contributed by atoms with Crippen LogP contribution >= 0.6 is 0 Å². The molecule has 266 valence electrons. The maximum Gasteiger partial charge on any atom is 0.335 e. The Bertz CT molecular complexity index is 625. The molecule has 1 N–H and O–H groups in total. The van der Waals surface area contributed by atoms with Crippen molar-refractivity contribution in [2.75, 3.05) is 27.4 Å². The molecule has 9 nitrogen and oxygen atoms in total. The lowest BCUT2D eigenvalue weighted by molar-refractivity contribution is -0.163. The van der Waals surface area contributed by atoms with Crippen molar-refractivity contribution in [1.82, 2.24) is 0 Å². The summed E-state index contributed by atoms with van der Waals surface area (Å²) in [4.78, 5) is 43.8. The van der Waals surface area contributed by atoms with Gasteiger partial charge in [-0.3, -0.25) is 14.4 Å². The molecule has 0 spiro atoms. The minimum absolute atomic E-state index is 0. The zero-order chi connectivity index (χ0) is 27.8. The highest BCUT2D eigenvalue weighted by Gasteiger charge is 2.27. The van der Waals surface area contributed by atoms with Gasteiger partial charge in [0.2, 0.25) is 0 Å². The van der Waals surface area contributed by atoms with Crippen molar-refractivity contribution in [2.45, 2.75) is 154 Å². The molecule has 0 aromatic rings. The molecule has 0 bridgehead atoms. The maximum atomic E-state index is 11.5. The number of carbonyl (C=O) groups excluding carboxylic acids is 3. The lowest BCUT2D eigenvalue weighted by Gasteiger charge is -2.20. The molecule has 0 amide bonds. The lowest BCUT2D eigenvalue weighted by atomic mass is 9.91. The van der Waals surface area contributed by atoms with Crippen LogP contribution in [0.3, 0.4) is 0 Å². The van der Waals surface area contributed by atoms with E-state index in [2.05, 4.69) is 4.74 Å². The van der Waals surface area contributed by atoms with Gasteiger partial charge in [0.15, 0.2) is 6.10 Å². The van der Waals surface area contributed by atoms with Gasteiger partial charge in [-0.05, 0) is 67.7 Å². The fourth-order valence-electron chi connectivity index (χ4n) is 1.40. The number of hydrogen-bond donors (Lipinski definition) is 1. The number of carbonyl (C=O) groups is 4. The van der Waals surface area contributed by atoms with Gasteiger partial charge in [0.1, 0.15) is 13.2 Å². The molecule has 9 heteroatoms. The molecule has 0 aliphatic rings. The van der Waals surface area contributed by atoms with Crippen molar-refractivity contribution in [2.24, 2.45) is 16.2 Å². The molecule has 0 heterocycles. The lowest BCUT2D eigenvalue weighted by Crippen LogP contribution is -2.28. The normalized spacial score (nSPS) is 9.81. The molecular formula is C33H80O9. The van der Waals surface area contributed by atoms with Crippen molar-refractivity contribution < 1.29 is 43.2 Å². The van der Waals surface area contributed by atoms with E-state index >= 15 is 0 Å². The SMILES string of the molecule is C.C.C.C.C.C.C.C.CCC(C)(C)C(=O)O.CCC(C)(C)C(=O)OC.CCC(C)(C)C(=O)OCCOC(=O)C(C)OC. The molecular weight excluding hydrogens is 540 g/mol. The van der Waals surface area contributed by atoms with E-state index in [-0.39, 0.29) is 90.0 Å². The van der Waals surface area contributed by atoms with Crippen molar-refractivity contribution in [3.05, 3.63) is 0 Å². The average molecular weight is 621 g/mol. The number of hydrogen-bond acceptors (Lipinski definition) is 8. The van der Waals surface area contributed by atoms with Crippen LogP contribution in [0.5, 0.6) is 0 Å². The highest BCUT2D eigenvalue weighted by Crippen LogP contribution is 2.21. The minimum atomic E-state index is -0.722. The van der Waals surface area contributed by atoms with Gasteiger partial charge >= 0.3 is 23.9 Å². The van der Waals surface area contributed by atoms with Crippen LogP contribution in [0, 0.1) is 16.2 Å². The highest BCUT2D eigenvalue weighted by molar-refractivity contribution is 5.76. The number of carboxylic acid groups (broad SMARTS) is 1. The van der Waals surface area contributed by atoms with Crippen LogP contribution < -0.4 is 0 Å². The first-order valence-electron chi connectivity index (χ1n) is 11.6. The number of aliphatic carboxylic acids is 1. The summed E-state index contributed by atoms with van der Waals surface area (Å²) in [6, 6.07) is 0. The molecule has 1 atom stereocenters. The van der Waals surface area contributed by atoms with E-state index in [1.165, 1.54) is 14.2 Å². The Hall–Kier alpha value is -2.16. The highest BCUT2D eigenvalue weighted by atomic mass is 16.6. The Labute approximate surface area is 264 Å². The number of ether oxygens (including phenoxy) is 4. The molecule has 0 aliphatic heterocycles. The van der Waals surface area contributed by atoms with Crippen LogP contribution in [0.15, 0.2) is 0 Å². The van der Waals surface area contributed by atoms with E-state index in [9.17, 15) is 19.2 Å². The van der Waals surface area contributed by atoms with Crippen molar-refractivity contribution in [3.63, 3.8) is 0 Å². The fraction of sp³-hybridized carbons (Fsp3) is 0.879. The van der Waals surface area contributed by atoms with E-state index in [1.807, 2.05) is 48.5 Å². The van der Waals surface area contributed by atoms with Crippen LogP contribution in [0.2, 0.25) is 0 Å². The van der Waals surface area contributed by atoms with Gasteiger partial charge in [-0.2, -0.15) is 0 Å². The molecule has 0 rings (SSSR count). The minimum Gasteiger partial charge on any atom is -0.481 e. The smallest absolute Gasteiger partial charge is 0.335 e. The van der Waals surface area contributed by atoms with E-state index in [1.54, 1.807) is 20.8 Å². The second kappa shape index (κ2) is 35.0. The fourth-order valence-corrected chi connectivity index (χ4v) is 1.40. The Morgan fingerprint density at radius 2 is 0.905 bits per heavy atom. The van der Waals surface area contributed by atoms with Crippen molar-refractivity contribution >= 4 is 23.9 Å². The summed E-state index contributed by atoms with van der Waals surface area (Å²) in [6.07, 6.45) is 1.60. The van der Waals surface area contributed by atoms with Gasteiger partial charge in [0, 0.05) is 7.11 Å². The van der Waals surface area contributed by atoms with Gasteiger partial charge < -0.3 is 24.1 Å². The second-order valence-electron chi connectivity index (χ2n) is 9.69. The third-order valence-corrected chi connectivity index (χ3v) is 5.77. The third kappa shape index (κ3) is 32.4.